The van der Waals surface area contributed by atoms with Gasteiger partial charge in [-0.25, -0.2) is 19.3 Å². The molecule has 0 aliphatic carbocycles. The highest BCUT2D eigenvalue weighted by Gasteiger charge is 2.16. The van der Waals surface area contributed by atoms with Crippen molar-refractivity contribution in [3.63, 3.8) is 0 Å². The first-order valence-corrected chi connectivity index (χ1v) is 11.4. The second-order valence-electron chi connectivity index (χ2n) is 8.69. The smallest absolute Gasteiger partial charge is 0.278 e. The number of benzene rings is 2. The van der Waals surface area contributed by atoms with E-state index in [9.17, 15) is 14.0 Å². The van der Waals surface area contributed by atoms with Crippen LogP contribution in [-0.4, -0.2) is 35.0 Å². The highest BCUT2D eigenvalue weighted by molar-refractivity contribution is 6.05. The van der Waals surface area contributed by atoms with Crippen LogP contribution in [0.5, 0.6) is 0 Å². The van der Waals surface area contributed by atoms with Crippen LogP contribution in [-0.2, 0) is 13.7 Å². The largest absolute Gasteiger partial charge is 0.368 e. The molecule has 11 heteroatoms. The molecule has 0 atom stereocenters. The van der Waals surface area contributed by atoms with Gasteiger partial charge in [0.25, 0.3) is 11.5 Å². The molecule has 0 aliphatic rings. The maximum Gasteiger partial charge on any atom is 0.278 e. The van der Waals surface area contributed by atoms with Crippen molar-refractivity contribution in [3.8, 4) is 16.9 Å². The monoisotopic (exact) mass is 498 g/mol. The van der Waals surface area contributed by atoms with Crippen molar-refractivity contribution in [1.82, 2.24) is 29.1 Å². The summed E-state index contributed by atoms with van der Waals surface area (Å²) in [4.78, 5) is 43.0. The van der Waals surface area contributed by atoms with Gasteiger partial charge in [-0.2, -0.15) is 4.98 Å². The molecule has 3 heterocycles. The van der Waals surface area contributed by atoms with Crippen molar-refractivity contribution in [3.05, 3.63) is 87.9 Å². The lowest BCUT2D eigenvalue weighted by Gasteiger charge is -2.13. The summed E-state index contributed by atoms with van der Waals surface area (Å²) in [6.45, 7) is 2.97. The number of carbonyl (C=O) groups excluding carboxylic acids is 1. The van der Waals surface area contributed by atoms with Gasteiger partial charge in [-0.3, -0.25) is 14.2 Å². The summed E-state index contributed by atoms with van der Waals surface area (Å²) in [6.07, 6.45) is 4.86. The summed E-state index contributed by atoms with van der Waals surface area (Å²) < 4.78 is 16.7. The summed E-state index contributed by atoms with van der Waals surface area (Å²) in [6, 6.07) is 10.0. The number of nitrogen functional groups attached to an aromatic ring is 1. The van der Waals surface area contributed by atoms with Crippen molar-refractivity contribution in [2.24, 2.45) is 7.05 Å². The predicted molar refractivity (Wildman–Crippen MR) is 138 cm³/mol. The second kappa shape index (κ2) is 9.26. The molecule has 3 aromatic heterocycles. The fourth-order valence-corrected chi connectivity index (χ4v) is 4.06. The number of amides is 1. The van der Waals surface area contributed by atoms with Crippen LogP contribution in [0.2, 0.25) is 0 Å². The summed E-state index contributed by atoms with van der Waals surface area (Å²) in [5.74, 6) is -0.382. The highest BCUT2D eigenvalue weighted by atomic mass is 19.1. The Morgan fingerprint density at radius 2 is 1.92 bits per heavy atom. The van der Waals surface area contributed by atoms with E-state index in [1.54, 1.807) is 54.5 Å². The molecule has 0 saturated heterocycles. The van der Waals surface area contributed by atoms with Crippen LogP contribution in [0.15, 0.2) is 59.9 Å². The highest BCUT2D eigenvalue weighted by Crippen LogP contribution is 2.25. The zero-order valence-corrected chi connectivity index (χ0v) is 20.4. The van der Waals surface area contributed by atoms with E-state index in [1.165, 1.54) is 16.8 Å². The van der Waals surface area contributed by atoms with Gasteiger partial charge in [0, 0.05) is 35.7 Å². The Morgan fingerprint density at radius 3 is 2.65 bits per heavy atom. The summed E-state index contributed by atoms with van der Waals surface area (Å²) in [7, 11) is 1.58. The lowest BCUT2D eigenvalue weighted by atomic mass is 10.0. The molecule has 3 N–H and O–H groups in total. The number of nitrogens with one attached hydrogen (secondary N) is 1. The van der Waals surface area contributed by atoms with Crippen molar-refractivity contribution >= 4 is 28.7 Å². The average molecular weight is 499 g/mol. The Kier molecular flexibility index (Phi) is 5.96. The van der Waals surface area contributed by atoms with Crippen molar-refractivity contribution in [2.75, 3.05) is 11.1 Å². The Labute approximate surface area is 210 Å². The van der Waals surface area contributed by atoms with Crippen molar-refractivity contribution < 1.29 is 9.18 Å². The Hall–Kier alpha value is -4.93. The van der Waals surface area contributed by atoms with E-state index in [0.717, 1.165) is 11.3 Å². The molecule has 0 unspecified atom stereocenters. The van der Waals surface area contributed by atoms with Crippen LogP contribution in [0, 0.1) is 13.8 Å². The quantitative estimate of drug-likeness (QED) is 0.379. The molecule has 2 aromatic carbocycles. The third-order valence-electron chi connectivity index (χ3n) is 5.98. The van der Waals surface area contributed by atoms with E-state index in [4.69, 9.17) is 5.73 Å². The number of nitrogens with two attached hydrogens (primary N) is 1. The van der Waals surface area contributed by atoms with Gasteiger partial charge >= 0.3 is 0 Å². The number of hydrogen-bond acceptors (Lipinski definition) is 7. The first-order valence-electron chi connectivity index (χ1n) is 11.4. The maximum absolute atomic E-state index is 13.6. The Balaban J connectivity index is 1.51. The van der Waals surface area contributed by atoms with Gasteiger partial charge in [0.1, 0.15) is 17.9 Å². The minimum absolute atomic E-state index is 0.0427. The number of aromatic nitrogens is 6. The van der Waals surface area contributed by atoms with Gasteiger partial charge < -0.3 is 15.6 Å². The molecule has 37 heavy (non-hydrogen) atoms. The fourth-order valence-electron chi connectivity index (χ4n) is 4.06. The van der Waals surface area contributed by atoms with E-state index in [1.807, 2.05) is 13.8 Å². The number of carbonyl (C=O) groups is 1. The van der Waals surface area contributed by atoms with Crippen LogP contribution in [0.4, 0.5) is 16.0 Å². The molecular weight excluding hydrogens is 475 g/mol. The van der Waals surface area contributed by atoms with E-state index in [2.05, 4.69) is 25.3 Å². The van der Waals surface area contributed by atoms with E-state index >= 15 is 0 Å². The molecule has 5 rings (SSSR count). The van der Waals surface area contributed by atoms with E-state index in [0.29, 0.717) is 33.7 Å². The molecular formula is C26H23FN8O2. The van der Waals surface area contributed by atoms with Gasteiger partial charge in [-0.1, -0.05) is 6.07 Å². The molecule has 0 bridgehead atoms. The molecule has 0 fully saturated rings. The lowest BCUT2D eigenvalue weighted by molar-refractivity contribution is 0.102. The van der Waals surface area contributed by atoms with Crippen molar-refractivity contribution in [2.45, 2.75) is 20.5 Å². The molecule has 186 valence electrons. The zero-order valence-electron chi connectivity index (χ0n) is 20.4. The van der Waals surface area contributed by atoms with Crippen LogP contribution < -0.4 is 16.6 Å². The average Bonchev–Trinajstić information content (AvgIpc) is 3.33. The van der Waals surface area contributed by atoms with Crippen molar-refractivity contribution in [1.29, 1.82) is 0 Å². The van der Waals surface area contributed by atoms with E-state index in [-0.39, 0.29) is 22.8 Å². The summed E-state index contributed by atoms with van der Waals surface area (Å²) in [5.41, 5.74) is 10.1. The number of anilines is 2. The normalized spacial score (nSPS) is 11.1. The van der Waals surface area contributed by atoms with Crippen LogP contribution in [0.3, 0.4) is 0 Å². The number of imidazole rings is 1. The molecule has 10 nitrogen and oxygen atoms in total. The molecule has 5 aromatic rings. The molecule has 0 radical (unpaired) electrons. The fraction of sp³-hybridized carbons (Fsp3) is 0.154. The topological polar surface area (TPSA) is 134 Å². The third kappa shape index (κ3) is 4.54. The SMILES string of the molecule is Cc1cn(-c2cc(CF)cc(C(=O)Nc3ccc(C)c(-c4nc5cnc(N)nc5n(C)c4=O)c3)c2)cn1. The number of fused-ring (bicyclic) bond motifs is 1. The Morgan fingerprint density at radius 1 is 1.11 bits per heavy atom. The predicted octanol–water partition coefficient (Wildman–Crippen LogP) is 3.50. The summed E-state index contributed by atoms with van der Waals surface area (Å²) >= 11 is 0. The third-order valence-corrected chi connectivity index (χ3v) is 5.98. The minimum atomic E-state index is -0.719. The molecule has 0 aliphatic heterocycles. The second-order valence-corrected chi connectivity index (χ2v) is 8.69. The van der Waals surface area contributed by atoms with Crippen LogP contribution in [0.1, 0.15) is 27.2 Å². The van der Waals surface area contributed by atoms with Gasteiger partial charge in [-0.05, 0) is 55.3 Å². The number of alkyl halides is 1. The number of nitrogens with zero attached hydrogens (tertiary/aromatic N) is 6. The number of rotatable bonds is 5. The summed E-state index contributed by atoms with van der Waals surface area (Å²) in [5, 5.41) is 2.85. The van der Waals surface area contributed by atoms with Gasteiger partial charge in [0.15, 0.2) is 5.65 Å². The van der Waals surface area contributed by atoms with E-state index < -0.39 is 12.6 Å². The Bertz CT molecular complexity index is 1740. The first-order chi connectivity index (χ1) is 17.7. The molecule has 0 saturated carbocycles. The standard InChI is InChI=1S/C26H23FN8O2/c1-14-4-5-18(9-20(14)22-25(37)34(3)23-21(32-22)11-29-26(28)33-23)31-24(36)17-6-16(10-27)7-19(8-17)35-12-15(2)30-13-35/h4-9,11-13H,10H2,1-3H3,(H,31,36)(H2,28,29,33). The number of aryl methyl sites for hydroxylation is 3. The minimum Gasteiger partial charge on any atom is -0.368 e. The molecule has 1 amide bonds. The van der Waals surface area contributed by atoms with Gasteiger partial charge in [0.05, 0.1) is 18.2 Å². The van der Waals surface area contributed by atoms with Crippen LogP contribution >= 0.6 is 0 Å². The number of hydrogen-bond donors (Lipinski definition) is 2. The van der Waals surface area contributed by atoms with Gasteiger partial charge in [0.2, 0.25) is 5.95 Å². The zero-order chi connectivity index (χ0) is 26.3. The lowest BCUT2D eigenvalue weighted by Crippen LogP contribution is -2.22. The maximum atomic E-state index is 13.6. The van der Waals surface area contributed by atoms with Gasteiger partial charge in [-0.15, -0.1) is 0 Å². The first kappa shape index (κ1) is 23.8. The molecule has 0 spiro atoms. The van der Waals surface area contributed by atoms with Crippen LogP contribution in [0.25, 0.3) is 28.1 Å². The number of halogens is 1.